The summed E-state index contributed by atoms with van der Waals surface area (Å²) in [5, 5.41) is 20.2. The molecule has 0 aromatic carbocycles. The monoisotopic (exact) mass is 265 g/mol. The quantitative estimate of drug-likeness (QED) is 0.484. The largest absolute Gasteiger partial charge is 0.494 e. The van der Waals surface area contributed by atoms with E-state index in [1.165, 1.54) is 4.57 Å². The van der Waals surface area contributed by atoms with Crippen LogP contribution >= 0.6 is 0 Å². The van der Waals surface area contributed by atoms with Gasteiger partial charge in [0, 0.05) is 23.7 Å². The molecule has 0 unspecified atom stereocenters. The van der Waals surface area contributed by atoms with Crippen LogP contribution in [0.2, 0.25) is 0 Å². The molecule has 1 aliphatic carbocycles. The summed E-state index contributed by atoms with van der Waals surface area (Å²) < 4.78 is 6.36. The van der Waals surface area contributed by atoms with Crippen LogP contribution in [0.5, 0.6) is 11.8 Å². The Labute approximate surface area is 112 Å². The van der Waals surface area contributed by atoms with Crippen LogP contribution in [0.15, 0.2) is 12.7 Å². The van der Waals surface area contributed by atoms with Crippen LogP contribution in [0.3, 0.4) is 0 Å². The Morgan fingerprint density at radius 2 is 1.84 bits per heavy atom. The first-order valence-electron chi connectivity index (χ1n) is 6.56. The van der Waals surface area contributed by atoms with Crippen molar-refractivity contribution in [3.63, 3.8) is 0 Å². The lowest BCUT2D eigenvalue weighted by atomic mass is 9.95. The highest BCUT2D eigenvalue weighted by Gasteiger charge is 2.23. The van der Waals surface area contributed by atoms with Gasteiger partial charge in [0.15, 0.2) is 11.8 Å². The van der Waals surface area contributed by atoms with E-state index in [0.717, 1.165) is 42.9 Å². The molecule has 0 saturated heterocycles. The number of esters is 1. The summed E-state index contributed by atoms with van der Waals surface area (Å²) in [6.45, 7) is 3.98. The van der Waals surface area contributed by atoms with E-state index in [1.807, 2.05) is 0 Å². The molecular formula is C14H19NO4. The summed E-state index contributed by atoms with van der Waals surface area (Å²) in [4.78, 5) is 10.9. The topological polar surface area (TPSA) is 71.7 Å². The highest BCUT2D eigenvalue weighted by Crippen LogP contribution is 2.38. The number of hydrogen-bond donors (Lipinski definition) is 2. The number of aromatic hydroxyl groups is 2. The number of nitrogens with zero attached hydrogens (tertiary/aromatic N) is 1. The maximum Gasteiger partial charge on any atom is 0.330 e. The van der Waals surface area contributed by atoms with E-state index in [4.69, 9.17) is 4.74 Å². The Bertz CT molecular complexity index is 461. The minimum atomic E-state index is -0.458. The summed E-state index contributed by atoms with van der Waals surface area (Å²) in [5.41, 5.74) is 1.73. The average Bonchev–Trinajstić information content (AvgIpc) is 2.68. The van der Waals surface area contributed by atoms with Gasteiger partial charge in [0.2, 0.25) is 0 Å². The van der Waals surface area contributed by atoms with Gasteiger partial charge in [0.25, 0.3) is 0 Å². The fourth-order valence-electron chi connectivity index (χ4n) is 2.49. The molecule has 0 atom stereocenters. The molecule has 1 aromatic heterocycles. The van der Waals surface area contributed by atoms with E-state index in [1.54, 1.807) is 0 Å². The third-order valence-corrected chi connectivity index (χ3v) is 3.46. The lowest BCUT2D eigenvalue weighted by Crippen LogP contribution is -2.05. The lowest BCUT2D eigenvalue weighted by Gasteiger charge is -2.09. The number of aromatic nitrogens is 1. The maximum atomic E-state index is 10.9. The molecule has 5 heteroatoms. The van der Waals surface area contributed by atoms with Crippen molar-refractivity contribution in [2.24, 2.45) is 0 Å². The molecule has 2 N–H and O–H groups in total. The van der Waals surface area contributed by atoms with Gasteiger partial charge in [0.1, 0.15) is 0 Å². The Kier molecular flexibility index (Phi) is 4.14. The van der Waals surface area contributed by atoms with Crippen molar-refractivity contribution in [1.29, 1.82) is 0 Å². The first-order valence-corrected chi connectivity index (χ1v) is 6.56. The Morgan fingerprint density at radius 3 is 2.37 bits per heavy atom. The number of carbonyl (C=O) groups excluding carboxylic acids is 1. The Morgan fingerprint density at radius 1 is 1.26 bits per heavy atom. The molecule has 19 heavy (non-hydrogen) atoms. The molecule has 104 valence electrons. The molecule has 0 fully saturated rings. The van der Waals surface area contributed by atoms with Gasteiger partial charge >= 0.3 is 5.97 Å². The predicted octanol–water partition coefficient (Wildman–Crippen LogP) is 1.90. The zero-order valence-electron chi connectivity index (χ0n) is 10.9. The van der Waals surface area contributed by atoms with Crippen molar-refractivity contribution in [1.82, 2.24) is 4.57 Å². The van der Waals surface area contributed by atoms with Crippen molar-refractivity contribution in [3.05, 3.63) is 23.8 Å². The lowest BCUT2D eigenvalue weighted by molar-refractivity contribution is -0.137. The van der Waals surface area contributed by atoms with Crippen molar-refractivity contribution in [3.8, 4) is 11.8 Å². The highest BCUT2D eigenvalue weighted by molar-refractivity contribution is 5.81. The van der Waals surface area contributed by atoms with Gasteiger partial charge < -0.3 is 14.9 Å². The molecule has 0 amide bonds. The first kappa shape index (κ1) is 13.5. The second kappa shape index (κ2) is 5.82. The smallest absolute Gasteiger partial charge is 0.330 e. The molecule has 1 aliphatic rings. The predicted molar refractivity (Wildman–Crippen MR) is 70.2 cm³/mol. The summed E-state index contributed by atoms with van der Waals surface area (Å²) in [7, 11) is 0. The van der Waals surface area contributed by atoms with Crippen LogP contribution in [-0.4, -0.2) is 27.4 Å². The molecule has 1 heterocycles. The molecule has 0 bridgehead atoms. The molecule has 0 spiro atoms. The van der Waals surface area contributed by atoms with Gasteiger partial charge in [-0.2, -0.15) is 0 Å². The summed E-state index contributed by atoms with van der Waals surface area (Å²) >= 11 is 0. The van der Waals surface area contributed by atoms with Gasteiger partial charge in [0.05, 0.1) is 6.61 Å². The zero-order chi connectivity index (χ0) is 13.8. The molecule has 5 nitrogen and oxygen atoms in total. The van der Waals surface area contributed by atoms with Crippen LogP contribution < -0.4 is 0 Å². The van der Waals surface area contributed by atoms with Crippen LogP contribution in [0.4, 0.5) is 0 Å². The standard InChI is InChI=1S/C14H19NO4/c1-2-12(16)19-9-5-8-15-13(17)10-6-3-4-7-11(10)14(15)18/h2,17-18H,1,3-9H2. The van der Waals surface area contributed by atoms with Crippen molar-refractivity contribution in [2.75, 3.05) is 6.61 Å². The van der Waals surface area contributed by atoms with Gasteiger partial charge in [-0.15, -0.1) is 0 Å². The normalized spacial score (nSPS) is 13.9. The van der Waals surface area contributed by atoms with Gasteiger partial charge in [-0.25, -0.2) is 4.79 Å². The minimum Gasteiger partial charge on any atom is -0.494 e. The van der Waals surface area contributed by atoms with E-state index in [0.29, 0.717) is 13.0 Å². The molecule has 1 aromatic rings. The molecule has 2 rings (SSSR count). The van der Waals surface area contributed by atoms with Crippen molar-refractivity contribution < 1.29 is 19.7 Å². The molecule has 0 aliphatic heterocycles. The van der Waals surface area contributed by atoms with Gasteiger partial charge in [-0.1, -0.05) is 6.58 Å². The molecule has 0 saturated carbocycles. The molecular weight excluding hydrogens is 246 g/mol. The van der Waals surface area contributed by atoms with Crippen LogP contribution in [0.1, 0.15) is 30.4 Å². The van der Waals surface area contributed by atoms with Crippen molar-refractivity contribution >= 4 is 5.97 Å². The van der Waals surface area contributed by atoms with E-state index in [2.05, 4.69) is 6.58 Å². The van der Waals surface area contributed by atoms with E-state index in [-0.39, 0.29) is 18.4 Å². The fraction of sp³-hybridized carbons (Fsp3) is 0.500. The number of hydrogen-bond acceptors (Lipinski definition) is 4. The SMILES string of the molecule is C=CC(=O)OCCCn1c(O)c2c(c1O)CCCC2. The van der Waals surface area contributed by atoms with E-state index < -0.39 is 5.97 Å². The minimum absolute atomic E-state index is 0.155. The van der Waals surface area contributed by atoms with Gasteiger partial charge in [-0.3, -0.25) is 4.57 Å². The number of ether oxygens (including phenoxy) is 1. The van der Waals surface area contributed by atoms with Crippen LogP contribution in [0.25, 0.3) is 0 Å². The Balaban J connectivity index is 1.99. The second-order valence-corrected chi connectivity index (χ2v) is 4.69. The van der Waals surface area contributed by atoms with Crippen molar-refractivity contribution in [2.45, 2.75) is 38.6 Å². The third-order valence-electron chi connectivity index (χ3n) is 3.46. The Hall–Kier alpha value is -1.91. The molecule has 0 radical (unpaired) electrons. The number of fused-ring (bicyclic) bond motifs is 1. The van der Waals surface area contributed by atoms with Crippen LogP contribution in [0, 0.1) is 0 Å². The van der Waals surface area contributed by atoms with Crippen LogP contribution in [-0.2, 0) is 28.9 Å². The van der Waals surface area contributed by atoms with E-state index in [9.17, 15) is 15.0 Å². The summed E-state index contributed by atoms with van der Waals surface area (Å²) in [6, 6.07) is 0. The zero-order valence-corrected chi connectivity index (χ0v) is 10.9. The first-order chi connectivity index (χ1) is 9.15. The summed E-state index contributed by atoms with van der Waals surface area (Å²) in [6.07, 6.45) is 5.36. The highest BCUT2D eigenvalue weighted by atomic mass is 16.5. The maximum absolute atomic E-state index is 10.9. The van der Waals surface area contributed by atoms with Gasteiger partial charge in [-0.05, 0) is 32.1 Å². The second-order valence-electron chi connectivity index (χ2n) is 4.69. The fourth-order valence-corrected chi connectivity index (χ4v) is 2.49. The number of rotatable bonds is 5. The van der Waals surface area contributed by atoms with E-state index >= 15 is 0 Å². The average molecular weight is 265 g/mol. The summed E-state index contributed by atoms with van der Waals surface area (Å²) in [5.74, 6) is -0.148. The third kappa shape index (κ3) is 2.75. The number of carbonyl (C=O) groups is 1.